The lowest BCUT2D eigenvalue weighted by Gasteiger charge is -2.13. The van der Waals surface area contributed by atoms with Crippen molar-refractivity contribution in [2.45, 2.75) is 13.8 Å². The first-order valence-corrected chi connectivity index (χ1v) is 8.16. The first-order chi connectivity index (χ1) is 12.3. The average molecular weight is 371 g/mol. The molecule has 3 aromatic rings. The molecule has 4 N–H and O–H groups in total. The SMILES string of the molecule is Cc1cc(-c2c(F)cccc2Cl)c2cc(C(=O)N=C(N)N)cc(C)c2n1. The molecule has 1 amide bonds. The van der Waals surface area contributed by atoms with E-state index in [4.69, 9.17) is 23.1 Å². The van der Waals surface area contributed by atoms with Crippen LogP contribution in [0.5, 0.6) is 0 Å². The Labute approximate surface area is 154 Å². The number of benzene rings is 2. The molecule has 0 radical (unpaired) electrons. The Bertz CT molecular complexity index is 1050. The molecule has 0 bridgehead atoms. The Morgan fingerprint density at radius 2 is 1.92 bits per heavy atom. The summed E-state index contributed by atoms with van der Waals surface area (Å²) in [6.45, 7) is 3.63. The van der Waals surface area contributed by atoms with Crippen LogP contribution < -0.4 is 11.5 Å². The van der Waals surface area contributed by atoms with Crippen molar-refractivity contribution in [1.29, 1.82) is 0 Å². The fourth-order valence-corrected chi connectivity index (χ4v) is 3.16. The van der Waals surface area contributed by atoms with Crippen LogP contribution >= 0.6 is 11.6 Å². The van der Waals surface area contributed by atoms with Crippen molar-refractivity contribution < 1.29 is 9.18 Å². The molecule has 0 aliphatic heterocycles. The van der Waals surface area contributed by atoms with Crippen LogP contribution in [-0.2, 0) is 0 Å². The second-order valence-corrected chi connectivity index (χ2v) is 6.35. The summed E-state index contributed by atoms with van der Waals surface area (Å²) in [6, 6.07) is 9.47. The molecule has 0 aliphatic rings. The van der Waals surface area contributed by atoms with Gasteiger partial charge in [-0.3, -0.25) is 9.78 Å². The molecule has 0 saturated heterocycles. The molecule has 0 fully saturated rings. The number of fused-ring (bicyclic) bond motifs is 1. The standard InChI is InChI=1S/C19H16ClFN4O/c1-9-6-11(18(26)25-19(22)23)8-13-12(7-10(2)24-17(9)13)16-14(20)4-3-5-15(16)21/h3-8H,1-2H3,(H4,22,23,25,26). The maximum atomic E-state index is 14.5. The quantitative estimate of drug-likeness (QED) is 0.531. The predicted molar refractivity (Wildman–Crippen MR) is 102 cm³/mol. The van der Waals surface area contributed by atoms with Crippen molar-refractivity contribution >= 4 is 34.4 Å². The van der Waals surface area contributed by atoms with Crippen molar-refractivity contribution in [2.75, 3.05) is 0 Å². The number of hydrogen-bond acceptors (Lipinski definition) is 2. The summed E-state index contributed by atoms with van der Waals surface area (Å²) < 4.78 is 14.5. The Hall–Kier alpha value is -2.99. The molecule has 1 aromatic heterocycles. The fraction of sp³-hybridized carbons (Fsp3) is 0.105. The number of amides is 1. The van der Waals surface area contributed by atoms with Gasteiger partial charge in [0.1, 0.15) is 5.82 Å². The van der Waals surface area contributed by atoms with Crippen LogP contribution in [-0.4, -0.2) is 16.9 Å². The molecule has 3 rings (SSSR count). The number of guanidine groups is 1. The summed E-state index contributed by atoms with van der Waals surface area (Å²) >= 11 is 6.25. The number of carbonyl (C=O) groups excluding carboxylic acids is 1. The molecule has 0 atom stereocenters. The molecule has 5 nitrogen and oxygen atoms in total. The van der Waals surface area contributed by atoms with E-state index in [2.05, 4.69) is 9.98 Å². The molecule has 26 heavy (non-hydrogen) atoms. The molecule has 132 valence electrons. The van der Waals surface area contributed by atoms with Crippen molar-refractivity contribution in [3.05, 3.63) is 64.1 Å². The van der Waals surface area contributed by atoms with E-state index in [9.17, 15) is 9.18 Å². The number of nitrogens with zero attached hydrogens (tertiary/aromatic N) is 2. The van der Waals surface area contributed by atoms with Gasteiger partial charge in [0.15, 0.2) is 5.96 Å². The van der Waals surface area contributed by atoms with Crippen molar-refractivity contribution in [2.24, 2.45) is 16.5 Å². The molecular formula is C19H16ClFN4O. The van der Waals surface area contributed by atoms with Gasteiger partial charge >= 0.3 is 0 Å². The summed E-state index contributed by atoms with van der Waals surface area (Å²) in [5.41, 5.74) is 13.8. The summed E-state index contributed by atoms with van der Waals surface area (Å²) in [7, 11) is 0. The van der Waals surface area contributed by atoms with Crippen molar-refractivity contribution in [3.8, 4) is 11.1 Å². The predicted octanol–water partition coefficient (Wildman–Crippen LogP) is 3.72. The van der Waals surface area contributed by atoms with E-state index >= 15 is 0 Å². The first-order valence-electron chi connectivity index (χ1n) is 7.78. The fourth-order valence-electron chi connectivity index (χ4n) is 2.90. The number of pyridine rings is 1. The van der Waals surface area contributed by atoms with Crippen molar-refractivity contribution in [3.63, 3.8) is 0 Å². The van der Waals surface area contributed by atoms with Gasteiger partial charge in [-0.15, -0.1) is 0 Å². The second-order valence-electron chi connectivity index (χ2n) is 5.94. The maximum Gasteiger partial charge on any atom is 0.280 e. The monoisotopic (exact) mass is 370 g/mol. The highest BCUT2D eigenvalue weighted by Crippen LogP contribution is 2.36. The lowest BCUT2D eigenvalue weighted by atomic mass is 9.96. The third kappa shape index (κ3) is 3.23. The van der Waals surface area contributed by atoms with E-state index in [-0.39, 0.29) is 22.1 Å². The average Bonchev–Trinajstić information content (AvgIpc) is 2.54. The zero-order valence-electron chi connectivity index (χ0n) is 14.2. The molecule has 2 aromatic carbocycles. The zero-order valence-corrected chi connectivity index (χ0v) is 14.9. The largest absolute Gasteiger partial charge is 0.370 e. The molecule has 0 unspecified atom stereocenters. The lowest BCUT2D eigenvalue weighted by molar-refractivity contribution is 0.100. The third-order valence-corrected chi connectivity index (χ3v) is 4.26. The summed E-state index contributed by atoms with van der Waals surface area (Å²) in [4.78, 5) is 20.3. The maximum absolute atomic E-state index is 14.5. The van der Waals surface area contributed by atoms with Gasteiger partial charge in [0.2, 0.25) is 0 Å². The number of aryl methyl sites for hydroxylation is 2. The van der Waals surface area contributed by atoms with Crippen LogP contribution in [0.1, 0.15) is 21.6 Å². The number of aliphatic imine (C=N–C) groups is 1. The molecule has 0 aliphatic carbocycles. The Morgan fingerprint density at radius 3 is 2.58 bits per heavy atom. The summed E-state index contributed by atoms with van der Waals surface area (Å²) in [5, 5.41) is 0.868. The van der Waals surface area contributed by atoms with Gasteiger partial charge in [0.25, 0.3) is 5.91 Å². The topological polar surface area (TPSA) is 94.4 Å². The highest BCUT2D eigenvalue weighted by Gasteiger charge is 2.17. The summed E-state index contributed by atoms with van der Waals surface area (Å²) in [6.07, 6.45) is 0. The number of hydrogen-bond donors (Lipinski definition) is 2. The minimum absolute atomic E-state index is 0.260. The summed E-state index contributed by atoms with van der Waals surface area (Å²) in [5.74, 6) is -1.36. The third-order valence-electron chi connectivity index (χ3n) is 3.94. The van der Waals surface area contributed by atoms with E-state index < -0.39 is 11.7 Å². The van der Waals surface area contributed by atoms with Crippen LogP contribution in [0.25, 0.3) is 22.0 Å². The number of halogens is 2. The minimum atomic E-state index is -0.582. The minimum Gasteiger partial charge on any atom is -0.370 e. The lowest BCUT2D eigenvalue weighted by Crippen LogP contribution is -2.24. The van der Waals surface area contributed by atoms with Gasteiger partial charge in [-0.05, 0) is 55.3 Å². The Kier molecular flexibility index (Phi) is 4.61. The highest BCUT2D eigenvalue weighted by atomic mass is 35.5. The first kappa shape index (κ1) is 17.8. The number of aromatic nitrogens is 1. The van der Waals surface area contributed by atoms with E-state index in [1.165, 1.54) is 12.1 Å². The van der Waals surface area contributed by atoms with Gasteiger partial charge < -0.3 is 11.5 Å². The van der Waals surface area contributed by atoms with Gasteiger partial charge in [-0.2, -0.15) is 4.99 Å². The molecule has 7 heteroatoms. The molecular weight excluding hydrogens is 355 g/mol. The Balaban J connectivity index is 2.38. The zero-order chi connectivity index (χ0) is 19.0. The van der Waals surface area contributed by atoms with Gasteiger partial charge in [0.05, 0.1) is 10.5 Å². The van der Waals surface area contributed by atoms with Crippen LogP contribution in [0.3, 0.4) is 0 Å². The highest BCUT2D eigenvalue weighted by molar-refractivity contribution is 6.33. The second kappa shape index (κ2) is 6.72. The molecule has 0 saturated carbocycles. The van der Waals surface area contributed by atoms with Gasteiger partial charge in [-0.1, -0.05) is 17.7 Å². The van der Waals surface area contributed by atoms with E-state index in [1.807, 2.05) is 13.8 Å². The van der Waals surface area contributed by atoms with E-state index in [0.717, 1.165) is 5.56 Å². The van der Waals surface area contributed by atoms with E-state index in [0.29, 0.717) is 22.2 Å². The smallest absolute Gasteiger partial charge is 0.280 e. The number of nitrogens with two attached hydrogens (primary N) is 2. The normalized spacial score (nSPS) is 10.8. The van der Waals surface area contributed by atoms with E-state index in [1.54, 1.807) is 24.3 Å². The molecule has 0 spiro atoms. The van der Waals surface area contributed by atoms with Crippen LogP contribution in [0, 0.1) is 19.7 Å². The van der Waals surface area contributed by atoms with Crippen LogP contribution in [0.2, 0.25) is 5.02 Å². The van der Waals surface area contributed by atoms with Gasteiger partial charge in [0, 0.05) is 22.2 Å². The van der Waals surface area contributed by atoms with Crippen LogP contribution in [0.4, 0.5) is 4.39 Å². The molecule has 1 heterocycles. The number of carbonyl (C=O) groups is 1. The number of rotatable bonds is 2. The van der Waals surface area contributed by atoms with Crippen LogP contribution in [0.15, 0.2) is 41.4 Å². The van der Waals surface area contributed by atoms with Gasteiger partial charge in [-0.25, -0.2) is 4.39 Å². The van der Waals surface area contributed by atoms with Crippen molar-refractivity contribution in [1.82, 2.24) is 4.98 Å². The Morgan fingerprint density at radius 1 is 1.19 bits per heavy atom.